The summed E-state index contributed by atoms with van der Waals surface area (Å²) in [5.74, 6) is -0.165. The van der Waals surface area contributed by atoms with E-state index in [1.54, 1.807) is 24.4 Å². The summed E-state index contributed by atoms with van der Waals surface area (Å²) in [6.07, 6.45) is 1.81. The van der Waals surface area contributed by atoms with Gasteiger partial charge in [0.15, 0.2) is 10.3 Å². The summed E-state index contributed by atoms with van der Waals surface area (Å²) in [4.78, 5) is 25.7. The second kappa shape index (κ2) is 8.59. The number of rotatable bonds is 6. The van der Waals surface area contributed by atoms with Gasteiger partial charge in [-0.05, 0) is 17.7 Å². The lowest BCUT2D eigenvalue weighted by Crippen LogP contribution is -2.23. The molecule has 1 N–H and O–H groups in total. The third kappa shape index (κ3) is 4.38. The Balaban J connectivity index is 1.47. The maximum atomic E-state index is 14.2. The fraction of sp³-hybridized carbons (Fsp3) is 0.0952. The van der Waals surface area contributed by atoms with Gasteiger partial charge < -0.3 is 4.98 Å². The highest BCUT2D eigenvalue weighted by atomic mass is 32.2. The Labute approximate surface area is 175 Å². The Morgan fingerprint density at radius 3 is 2.69 bits per heavy atom. The van der Waals surface area contributed by atoms with Gasteiger partial charge in [-0.2, -0.15) is 0 Å². The van der Waals surface area contributed by atoms with Crippen LogP contribution in [0.1, 0.15) is 12.6 Å². The smallest absolute Gasteiger partial charge is 0.230 e. The molecular weight excluding hydrogens is 407 g/mol. The number of imidazole rings is 1. The van der Waals surface area contributed by atoms with Crippen LogP contribution in [0.2, 0.25) is 0 Å². The van der Waals surface area contributed by atoms with Gasteiger partial charge in [0.05, 0.1) is 23.3 Å². The van der Waals surface area contributed by atoms with Crippen molar-refractivity contribution in [3.8, 4) is 11.3 Å². The number of anilines is 2. The Bertz CT molecular complexity index is 1130. The van der Waals surface area contributed by atoms with Gasteiger partial charge >= 0.3 is 0 Å². The van der Waals surface area contributed by atoms with Crippen LogP contribution in [0, 0.1) is 5.82 Å². The number of H-pyrrole nitrogens is 1. The van der Waals surface area contributed by atoms with E-state index in [1.807, 2.05) is 35.7 Å². The molecule has 4 aromatic rings. The van der Waals surface area contributed by atoms with Crippen LogP contribution < -0.4 is 4.90 Å². The highest BCUT2D eigenvalue weighted by molar-refractivity contribution is 7.98. The first-order valence-corrected chi connectivity index (χ1v) is 10.7. The van der Waals surface area contributed by atoms with E-state index in [9.17, 15) is 9.18 Å². The Morgan fingerprint density at radius 1 is 1.17 bits per heavy atom. The third-order valence-corrected chi connectivity index (χ3v) is 5.93. The zero-order valence-corrected chi connectivity index (χ0v) is 17.1. The summed E-state index contributed by atoms with van der Waals surface area (Å²) in [6.45, 7) is 1.40. The Hall–Kier alpha value is -2.97. The zero-order valence-electron chi connectivity index (χ0n) is 15.5. The number of thiazole rings is 1. The van der Waals surface area contributed by atoms with Crippen molar-refractivity contribution in [2.45, 2.75) is 17.8 Å². The molecule has 0 spiro atoms. The molecule has 0 saturated carbocycles. The van der Waals surface area contributed by atoms with Gasteiger partial charge in [-0.25, -0.2) is 14.4 Å². The molecule has 8 heteroatoms. The van der Waals surface area contributed by atoms with Gasteiger partial charge in [0.1, 0.15) is 5.82 Å². The third-order valence-electron chi connectivity index (χ3n) is 4.13. The molecule has 0 atom stereocenters. The van der Waals surface area contributed by atoms with E-state index in [1.165, 1.54) is 41.0 Å². The van der Waals surface area contributed by atoms with Gasteiger partial charge in [0.25, 0.3) is 0 Å². The molecule has 0 unspecified atom stereocenters. The number of carbonyl (C=O) groups is 1. The largest absolute Gasteiger partial charge is 0.333 e. The van der Waals surface area contributed by atoms with Crippen LogP contribution in [-0.2, 0) is 10.5 Å². The summed E-state index contributed by atoms with van der Waals surface area (Å²) in [7, 11) is 0. The minimum absolute atomic E-state index is 0.201. The van der Waals surface area contributed by atoms with Gasteiger partial charge in [0.2, 0.25) is 5.91 Å². The van der Waals surface area contributed by atoms with Crippen molar-refractivity contribution < 1.29 is 9.18 Å². The molecule has 0 radical (unpaired) electrons. The number of benzene rings is 2. The quantitative estimate of drug-likeness (QED) is 0.406. The Morgan fingerprint density at radius 2 is 1.93 bits per heavy atom. The average molecular weight is 425 g/mol. The van der Waals surface area contributed by atoms with Crippen molar-refractivity contribution in [2.24, 2.45) is 0 Å². The van der Waals surface area contributed by atoms with Crippen LogP contribution >= 0.6 is 23.1 Å². The van der Waals surface area contributed by atoms with Crippen molar-refractivity contribution in [2.75, 3.05) is 4.90 Å². The minimum atomic E-state index is -0.460. The molecular formula is C21H17FN4OS2. The summed E-state index contributed by atoms with van der Waals surface area (Å²) in [5.41, 5.74) is 3.03. The van der Waals surface area contributed by atoms with E-state index >= 15 is 0 Å². The van der Waals surface area contributed by atoms with Crippen LogP contribution in [0.5, 0.6) is 0 Å². The van der Waals surface area contributed by atoms with Crippen LogP contribution in [0.25, 0.3) is 11.3 Å². The van der Waals surface area contributed by atoms with Crippen LogP contribution in [0.4, 0.5) is 15.2 Å². The first-order valence-electron chi connectivity index (χ1n) is 8.84. The second-order valence-electron chi connectivity index (χ2n) is 6.18. The number of para-hydroxylation sites is 1. The number of aromatic amines is 1. The van der Waals surface area contributed by atoms with Crippen molar-refractivity contribution in [1.29, 1.82) is 0 Å². The first-order chi connectivity index (χ1) is 14.1. The molecule has 29 heavy (non-hydrogen) atoms. The predicted octanol–water partition coefficient (Wildman–Crippen LogP) is 5.65. The number of hydrogen-bond acceptors (Lipinski definition) is 5. The lowest BCUT2D eigenvalue weighted by atomic mass is 10.2. The second-order valence-corrected chi connectivity index (χ2v) is 7.98. The summed E-state index contributed by atoms with van der Waals surface area (Å²) in [5, 5.41) is 3.11. The van der Waals surface area contributed by atoms with Crippen molar-refractivity contribution in [3.63, 3.8) is 0 Å². The van der Waals surface area contributed by atoms with Crippen LogP contribution in [0.3, 0.4) is 0 Å². The lowest BCUT2D eigenvalue weighted by molar-refractivity contribution is -0.115. The highest BCUT2D eigenvalue weighted by Crippen LogP contribution is 2.32. The topological polar surface area (TPSA) is 61.9 Å². The molecule has 0 saturated heterocycles. The number of thioether (sulfide) groups is 1. The van der Waals surface area contributed by atoms with Gasteiger partial charge in [0, 0.05) is 18.1 Å². The van der Waals surface area contributed by atoms with E-state index in [0.29, 0.717) is 10.9 Å². The maximum absolute atomic E-state index is 14.2. The normalized spacial score (nSPS) is 10.8. The number of amides is 1. The fourth-order valence-corrected chi connectivity index (χ4v) is 4.52. The van der Waals surface area contributed by atoms with E-state index in [2.05, 4.69) is 15.0 Å². The SMILES string of the molecule is CC(=O)N(c1nc(CSc2ncc(-c3ccccc3)[nH]2)cs1)c1ccccc1F. The molecule has 0 aliphatic rings. The molecule has 0 bridgehead atoms. The monoisotopic (exact) mass is 424 g/mol. The molecule has 0 aliphatic heterocycles. The first kappa shape index (κ1) is 19.4. The molecule has 4 rings (SSSR count). The fourth-order valence-electron chi connectivity index (χ4n) is 2.79. The number of hydrogen-bond donors (Lipinski definition) is 1. The van der Waals surface area contributed by atoms with E-state index in [0.717, 1.165) is 22.1 Å². The van der Waals surface area contributed by atoms with Gasteiger partial charge in [-0.3, -0.25) is 9.69 Å². The number of nitrogens with one attached hydrogen (secondary N) is 1. The van der Waals surface area contributed by atoms with E-state index < -0.39 is 5.82 Å². The number of halogens is 1. The van der Waals surface area contributed by atoms with Crippen molar-refractivity contribution in [3.05, 3.63) is 77.7 Å². The average Bonchev–Trinajstić information content (AvgIpc) is 3.38. The molecule has 2 aromatic heterocycles. The molecule has 2 aromatic carbocycles. The summed E-state index contributed by atoms with van der Waals surface area (Å²) < 4.78 is 14.2. The standard InChI is InChI=1S/C21H17FN4OS2/c1-14(27)26(19-10-6-5-9-17(19)22)21-24-16(13-29-21)12-28-20-23-11-18(25-20)15-7-3-2-4-8-15/h2-11,13H,12H2,1H3,(H,23,25). The summed E-state index contributed by atoms with van der Waals surface area (Å²) >= 11 is 2.83. The minimum Gasteiger partial charge on any atom is -0.333 e. The van der Waals surface area contributed by atoms with Crippen molar-refractivity contribution >= 4 is 39.8 Å². The van der Waals surface area contributed by atoms with E-state index in [4.69, 9.17) is 0 Å². The molecule has 5 nitrogen and oxygen atoms in total. The van der Waals surface area contributed by atoms with Crippen molar-refractivity contribution in [1.82, 2.24) is 15.0 Å². The summed E-state index contributed by atoms with van der Waals surface area (Å²) in [6, 6.07) is 16.2. The number of nitrogens with zero attached hydrogens (tertiary/aromatic N) is 3. The molecule has 1 amide bonds. The predicted molar refractivity (Wildman–Crippen MR) is 115 cm³/mol. The molecule has 2 heterocycles. The molecule has 0 fully saturated rings. The van der Waals surface area contributed by atoms with Crippen LogP contribution in [-0.4, -0.2) is 20.9 Å². The maximum Gasteiger partial charge on any atom is 0.230 e. The molecule has 0 aliphatic carbocycles. The number of aromatic nitrogens is 3. The lowest BCUT2D eigenvalue weighted by Gasteiger charge is -2.18. The zero-order chi connectivity index (χ0) is 20.2. The Kier molecular flexibility index (Phi) is 5.73. The van der Waals surface area contributed by atoms with Gasteiger partial charge in [-0.1, -0.05) is 54.2 Å². The van der Waals surface area contributed by atoms with E-state index in [-0.39, 0.29) is 11.6 Å². The highest BCUT2D eigenvalue weighted by Gasteiger charge is 2.21. The number of carbonyl (C=O) groups excluding carboxylic acids is 1. The molecule has 146 valence electrons. The van der Waals surface area contributed by atoms with Gasteiger partial charge in [-0.15, -0.1) is 11.3 Å². The van der Waals surface area contributed by atoms with Crippen LogP contribution in [0.15, 0.2) is 71.3 Å².